The Hall–Kier alpha value is -3.59. The lowest BCUT2D eigenvalue weighted by molar-refractivity contribution is -0.127. The molecule has 3 rings (SSSR count). The molecule has 2 aromatic rings. The number of hydrogen-bond donors (Lipinski definition) is 2. The molecule has 2 N–H and O–H groups in total. The summed E-state index contributed by atoms with van der Waals surface area (Å²) < 4.78 is 5.32. The summed E-state index contributed by atoms with van der Waals surface area (Å²) in [5.74, 6) is -1.05. The maximum absolute atomic E-state index is 12.9. The first-order valence-corrected chi connectivity index (χ1v) is 10.2. The molecule has 1 saturated heterocycles. The van der Waals surface area contributed by atoms with Crippen molar-refractivity contribution in [2.24, 2.45) is 4.99 Å². The van der Waals surface area contributed by atoms with Crippen LogP contribution in [-0.2, 0) is 9.59 Å². The van der Waals surface area contributed by atoms with Crippen molar-refractivity contribution in [2.75, 3.05) is 19.0 Å². The van der Waals surface area contributed by atoms with Crippen molar-refractivity contribution in [1.29, 1.82) is 0 Å². The zero-order chi connectivity index (χ0) is 22.4. The molecule has 1 heterocycles. The van der Waals surface area contributed by atoms with Crippen LogP contribution in [0, 0.1) is 0 Å². The van der Waals surface area contributed by atoms with Crippen LogP contribution in [0.5, 0.6) is 5.75 Å². The Morgan fingerprint density at radius 1 is 1.26 bits per heavy atom. The second-order valence-corrected chi connectivity index (χ2v) is 7.71. The van der Waals surface area contributed by atoms with E-state index in [0.29, 0.717) is 22.3 Å². The molecule has 0 saturated carbocycles. The van der Waals surface area contributed by atoms with E-state index in [0.717, 1.165) is 0 Å². The first-order chi connectivity index (χ1) is 14.9. The average molecular weight is 439 g/mol. The highest BCUT2D eigenvalue weighted by Crippen LogP contribution is 2.34. The highest BCUT2D eigenvalue weighted by molar-refractivity contribution is 8.15. The highest BCUT2D eigenvalue weighted by atomic mass is 32.2. The number of nitrogens with one attached hydrogen (secondary N) is 1. The minimum absolute atomic E-state index is 0.0528. The number of amidine groups is 1. The summed E-state index contributed by atoms with van der Waals surface area (Å²) >= 11 is 1.21. The van der Waals surface area contributed by atoms with Gasteiger partial charge in [0.2, 0.25) is 11.8 Å². The number of carboxylic acids is 1. The Morgan fingerprint density at radius 3 is 2.61 bits per heavy atom. The smallest absolute Gasteiger partial charge is 0.335 e. The molecule has 8 nitrogen and oxygen atoms in total. The molecule has 160 valence electrons. The monoisotopic (exact) mass is 439 g/mol. The van der Waals surface area contributed by atoms with Crippen molar-refractivity contribution in [1.82, 2.24) is 4.90 Å². The van der Waals surface area contributed by atoms with Gasteiger partial charge in [0, 0.05) is 18.7 Å². The Bertz CT molecular complexity index is 1040. The molecule has 1 atom stereocenters. The molecule has 0 aliphatic carbocycles. The Kier molecular flexibility index (Phi) is 7.09. The SMILES string of the molecule is C=CCN1C(=O)[C@H](CC(=O)Nc2ccc(C(=O)O)cc2)SC1=Nc1ccccc1OC. The number of carbonyl (C=O) groups is 3. The zero-order valence-corrected chi connectivity index (χ0v) is 17.6. The topological polar surface area (TPSA) is 108 Å². The van der Waals surface area contributed by atoms with E-state index in [1.54, 1.807) is 25.3 Å². The number of carboxylic acid groups (broad SMARTS) is 1. The van der Waals surface area contributed by atoms with E-state index in [4.69, 9.17) is 9.84 Å². The molecule has 31 heavy (non-hydrogen) atoms. The number of hydrogen-bond acceptors (Lipinski definition) is 6. The van der Waals surface area contributed by atoms with Crippen molar-refractivity contribution >= 4 is 46.1 Å². The number of ether oxygens (including phenoxy) is 1. The second-order valence-electron chi connectivity index (χ2n) is 6.55. The van der Waals surface area contributed by atoms with Crippen molar-refractivity contribution < 1.29 is 24.2 Å². The van der Waals surface area contributed by atoms with E-state index < -0.39 is 11.2 Å². The maximum atomic E-state index is 12.9. The molecule has 0 radical (unpaired) electrons. The fourth-order valence-corrected chi connectivity index (χ4v) is 4.08. The van der Waals surface area contributed by atoms with E-state index >= 15 is 0 Å². The number of amides is 2. The van der Waals surface area contributed by atoms with Crippen LogP contribution in [0.1, 0.15) is 16.8 Å². The fourth-order valence-electron chi connectivity index (χ4n) is 2.92. The summed E-state index contributed by atoms with van der Waals surface area (Å²) in [5, 5.41) is 11.5. The number of methoxy groups -OCH3 is 1. The van der Waals surface area contributed by atoms with Gasteiger partial charge >= 0.3 is 5.97 Å². The molecule has 1 aliphatic heterocycles. The molecule has 9 heteroatoms. The third-order valence-corrected chi connectivity index (χ3v) is 5.59. The highest BCUT2D eigenvalue weighted by Gasteiger charge is 2.38. The molecule has 0 unspecified atom stereocenters. The van der Waals surface area contributed by atoms with Crippen LogP contribution in [0.2, 0.25) is 0 Å². The van der Waals surface area contributed by atoms with E-state index in [-0.39, 0.29) is 30.3 Å². The maximum Gasteiger partial charge on any atom is 0.335 e. The average Bonchev–Trinajstić information content (AvgIpc) is 3.03. The van der Waals surface area contributed by atoms with Crippen LogP contribution in [0.3, 0.4) is 0 Å². The summed E-state index contributed by atoms with van der Waals surface area (Å²) in [5.41, 5.74) is 1.16. The van der Waals surface area contributed by atoms with Gasteiger partial charge in [-0.05, 0) is 36.4 Å². The molecular formula is C22H21N3O5S. The van der Waals surface area contributed by atoms with Crippen molar-refractivity contribution in [3.05, 3.63) is 66.7 Å². The third-order valence-electron chi connectivity index (χ3n) is 4.42. The normalized spacial score (nSPS) is 16.9. The van der Waals surface area contributed by atoms with Gasteiger partial charge in [0.15, 0.2) is 5.17 Å². The van der Waals surface area contributed by atoms with Gasteiger partial charge in [-0.15, -0.1) is 6.58 Å². The predicted molar refractivity (Wildman–Crippen MR) is 120 cm³/mol. The number of aromatic carboxylic acids is 1. The molecule has 2 aromatic carbocycles. The summed E-state index contributed by atoms with van der Waals surface area (Å²) in [4.78, 5) is 42.3. The van der Waals surface area contributed by atoms with Crippen LogP contribution in [0.25, 0.3) is 0 Å². The quantitative estimate of drug-likeness (QED) is 0.609. The molecular weight excluding hydrogens is 418 g/mol. The summed E-state index contributed by atoms with van der Waals surface area (Å²) in [7, 11) is 1.55. The van der Waals surface area contributed by atoms with Crippen LogP contribution in [0.15, 0.2) is 66.2 Å². The van der Waals surface area contributed by atoms with Gasteiger partial charge in [0.25, 0.3) is 0 Å². The molecule has 1 fully saturated rings. The Morgan fingerprint density at radius 2 is 1.97 bits per heavy atom. The lowest BCUT2D eigenvalue weighted by atomic mass is 10.2. The van der Waals surface area contributed by atoms with Gasteiger partial charge < -0.3 is 15.2 Å². The molecule has 2 amide bonds. The lowest BCUT2D eigenvalue weighted by Gasteiger charge is -2.14. The fraction of sp³-hybridized carbons (Fsp3) is 0.182. The van der Waals surface area contributed by atoms with Crippen molar-refractivity contribution in [3.63, 3.8) is 0 Å². The Balaban J connectivity index is 1.73. The van der Waals surface area contributed by atoms with Crippen LogP contribution >= 0.6 is 11.8 Å². The van der Waals surface area contributed by atoms with E-state index in [9.17, 15) is 14.4 Å². The van der Waals surface area contributed by atoms with Gasteiger partial charge in [-0.1, -0.05) is 30.0 Å². The number of carbonyl (C=O) groups excluding carboxylic acids is 2. The summed E-state index contributed by atoms with van der Waals surface area (Å²) in [6, 6.07) is 13.0. The molecule has 0 aromatic heterocycles. The number of rotatable bonds is 8. The largest absolute Gasteiger partial charge is 0.494 e. The number of nitrogens with zero attached hydrogens (tertiary/aromatic N) is 2. The van der Waals surface area contributed by atoms with Gasteiger partial charge in [0.1, 0.15) is 16.7 Å². The number of aliphatic imine (C=N–C) groups is 1. The first-order valence-electron chi connectivity index (χ1n) is 9.36. The minimum atomic E-state index is -1.05. The second kappa shape index (κ2) is 9.94. The summed E-state index contributed by atoms with van der Waals surface area (Å²) in [6.45, 7) is 3.96. The lowest BCUT2D eigenvalue weighted by Crippen LogP contribution is -2.33. The molecule has 1 aliphatic rings. The van der Waals surface area contributed by atoms with E-state index in [1.807, 2.05) is 12.1 Å². The first kappa shape index (κ1) is 22.1. The molecule has 0 bridgehead atoms. The Labute approximate surface area is 183 Å². The number of thioether (sulfide) groups is 1. The van der Waals surface area contributed by atoms with Crippen LogP contribution in [0.4, 0.5) is 11.4 Å². The van der Waals surface area contributed by atoms with E-state index in [1.165, 1.54) is 40.9 Å². The van der Waals surface area contributed by atoms with Gasteiger partial charge in [-0.2, -0.15) is 0 Å². The number of anilines is 1. The molecule has 0 spiro atoms. The number of benzene rings is 2. The van der Waals surface area contributed by atoms with Crippen LogP contribution in [-0.4, -0.2) is 51.9 Å². The van der Waals surface area contributed by atoms with Gasteiger partial charge in [0.05, 0.1) is 12.7 Å². The standard InChI is InChI=1S/C22H21N3O5S/c1-3-12-25-20(27)18(31-22(25)24-16-6-4-5-7-17(16)30-2)13-19(26)23-15-10-8-14(9-11-15)21(28)29/h3-11,18H,1,12-13H2,2H3,(H,23,26)(H,28,29)/t18-/m0/s1. The summed E-state index contributed by atoms with van der Waals surface area (Å²) in [6.07, 6.45) is 1.55. The third kappa shape index (κ3) is 5.32. The zero-order valence-electron chi connectivity index (χ0n) is 16.8. The number of para-hydroxylation sites is 2. The van der Waals surface area contributed by atoms with Crippen molar-refractivity contribution in [2.45, 2.75) is 11.7 Å². The van der Waals surface area contributed by atoms with E-state index in [2.05, 4.69) is 16.9 Å². The van der Waals surface area contributed by atoms with Gasteiger partial charge in [-0.25, -0.2) is 9.79 Å². The predicted octanol–water partition coefficient (Wildman–Crippen LogP) is 3.54. The van der Waals surface area contributed by atoms with Gasteiger partial charge in [-0.3, -0.25) is 14.5 Å². The van der Waals surface area contributed by atoms with Crippen molar-refractivity contribution in [3.8, 4) is 5.75 Å². The van der Waals surface area contributed by atoms with Crippen LogP contribution < -0.4 is 10.1 Å². The minimum Gasteiger partial charge on any atom is -0.494 e.